The summed E-state index contributed by atoms with van der Waals surface area (Å²) in [7, 11) is 1.82. The molecule has 0 aliphatic heterocycles. The van der Waals surface area contributed by atoms with Crippen LogP contribution < -0.4 is 5.73 Å². The summed E-state index contributed by atoms with van der Waals surface area (Å²) in [4.78, 5) is 0. The molecule has 2 aromatic rings. The van der Waals surface area contributed by atoms with Gasteiger partial charge < -0.3 is 10.8 Å². The summed E-state index contributed by atoms with van der Waals surface area (Å²) in [6.45, 7) is 4.28. The normalized spacial score (nSPS) is 14.2. The SMILES string of the molecule is Cc1ccccc1C(CN)(CO)Cc1c(C)nn(C)c1Cl. The van der Waals surface area contributed by atoms with Crippen LogP contribution in [0.2, 0.25) is 5.15 Å². The second-order valence-corrected chi connectivity index (χ2v) is 5.97. The molecule has 0 saturated heterocycles. The van der Waals surface area contributed by atoms with Crippen molar-refractivity contribution in [2.75, 3.05) is 13.2 Å². The third kappa shape index (κ3) is 2.84. The Bertz CT molecular complexity index is 632. The summed E-state index contributed by atoms with van der Waals surface area (Å²) in [5, 5.41) is 15.0. The minimum atomic E-state index is -0.539. The van der Waals surface area contributed by atoms with Crippen LogP contribution >= 0.6 is 11.6 Å². The molecule has 0 radical (unpaired) electrons. The molecule has 114 valence electrons. The molecule has 1 unspecified atom stereocenters. The van der Waals surface area contributed by atoms with E-state index in [0.29, 0.717) is 18.1 Å². The van der Waals surface area contributed by atoms with Crippen molar-refractivity contribution in [1.29, 1.82) is 0 Å². The van der Waals surface area contributed by atoms with E-state index in [4.69, 9.17) is 17.3 Å². The number of aromatic nitrogens is 2. The maximum atomic E-state index is 10.1. The van der Waals surface area contributed by atoms with Crippen molar-refractivity contribution in [2.24, 2.45) is 12.8 Å². The highest BCUT2D eigenvalue weighted by atomic mass is 35.5. The van der Waals surface area contributed by atoms with Gasteiger partial charge in [0, 0.05) is 24.6 Å². The van der Waals surface area contributed by atoms with E-state index >= 15 is 0 Å². The Morgan fingerprint density at radius 2 is 2.00 bits per heavy atom. The summed E-state index contributed by atoms with van der Waals surface area (Å²) in [5.74, 6) is 0. The number of aliphatic hydroxyl groups is 1. The first kappa shape index (κ1) is 16.0. The van der Waals surface area contributed by atoms with Crippen LogP contribution in [0.3, 0.4) is 0 Å². The monoisotopic (exact) mass is 307 g/mol. The lowest BCUT2D eigenvalue weighted by atomic mass is 9.74. The minimum Gasteiger partial charge on any atom is -0.395 e. The van der Waals surface area contributed by atoms with Crippen LogP contribution in [-0.2, 0) is 18.9 Å². The van der Waals surface area contributed by atoms with Crippen molar-refractivity contribution >= 4 is 11.6 Å². The quantitative estimate of drug-likeness (QED) is 0.889. The van der Waals surface area contributed by atoms with E-state index in [1.165, 1.54) is 0 Å². The summed E-state index contributed by atoms with van der Waals surface area (Å²) < 4.78 is 1.66. The van der Waals surface area contributed by atoms with Gasteiger partial charge in [0.05, 0.1) is 12.3 Å². The maximum Gasteiger partial charge on any atom is 0.130 e. The lowest BCUT2D eigenvalue weighted by molar-refractivity contribution is 0.195. The standard InChI is InChI=1S/C16H22ClN3O/c1-11-6-4-5-7-14(11)16(9-18,10-21)8-13-12(2)19-20(3)15(13)17/h4-7,21H,8-10,18H2,1-3H3. The lowest BCUT2D eigenvalue weighted by Gasteiger charge is -2.32. The summed E-state index contributed by atoms with van der Waals surface area (Å²) in [6.07, 6.45) is 0.573. The molecule has 0 saturated carbocycles. The van der Waals surface area contributed by atoms with Gasteiger partial charge in [-0.2, -0.15) is 5.10 Å². The largest absolute Gasteiger partial charge is 0.395 e. The second kappa shape index (κ2) is 6.18. The lowest BCUT2D eigenvalue weighted by Crippen LogP contribution is -2.41. The predicted molar refractivity (Wildman–Crippen MR) is 85.7 cm³/mol. The number of nitrogens with zero attached hydrogens (tertiary/aromatic N) is 2. The van der Waals surface area contributed by atoms with Crippen molar-refractivity contribution in [3.63, 3.8) is 0 Å². The number of rotatable bonds is 5. The first-order chi connectivity index (χ1) is 9.95. The van der Waals surface area contributed by atoms with Crippen molar-refractivity contribution in [1.82, 2.24) is 9.78 Å². The molecule has 1 aromatic carbocycles. The van der Waals surface area contributed by atoms with Crippen LogP contribution in [0, 0.1) is 13.8 Å². The fourth-order valence-electron chi connectivity index (χ4n) is 2.86. The first-order valence-electron chi connectivity index (χ1n) is 7.00. The highest BCUT2D eigenvalue weighted by Gasteiger charge is 2.34. The molecule has 0 fully saturated rings. The molecule has 4 nitrogen and oxygen atoms in total. The minimum absolute atomic E-state index is 0.0288. The number of benzene rings is 1. The molecule has 3 N–H and O–H groups in total. The molecule has 21 heavy (non-hydrogen) atoms. The molecule has 2 rings (SSSR count). The Labute approximate surface area is 130 Å². The molecule has 0 aliphatic carbocycles. The molecule has 0 spiro atoms. The van der Waals surface area contributed by atoms with Gasteiger partial charge in [0.2, 0.25) is 0 Å². The Hall–Kier alpha value is -1.36. The van der Waals surface area contributed by atoms with E-state index in [1.54, 1.807) is 4.68 Å². The summed E-state index contributed by atoms with van der Waals surface area (Å²) in [5.41, 5.74) is 9.51. The molecule has 0 bridgehead atoms. The van der Waals surface area contributed by atoms with Gasteiger partial charge in [-0.3, -0.25) is 4.68 Å². The van der Waals surface area contributed by atoms with Crippen LogP contribution in [0.15, 0.2) is 24.3 Å². The molecular formula is C16H22ClN3O. The fraction of sp³-hybridized carbons (Fsp3) is 0.438. The van der Waals surface area contributed by atoms with Crippen LogP contribution in [0.4, 0.5) is 0 Å². The van der Waals surface area contributed by atoms with Crippen LogP contribution in [0.25, 0.3) is 0 Å². The van der Waals surface area contributed by atoms with Crippen molar-refractivity contribution in [3.05, 3.63) is 51.8 Å². The average Bonchev–Trinajstić information content (AvgIpc) is 2.71. The number of aliphatic hydroxyl groups excluding tert-OH is 1. The molecule has 0 amide bonds. The Balaban J connectivity index is 2.51. The molecule has 5 heteroatoms. The highest BCUT2D eigenvalue weighted by molar-refractivity contribution is 6.30. The van der Waals surface area contributed by atoms with E-state index in [1.807, 2.05) is 45.2 Å². The summed E-state index contributed by atoms with van der Waals surface area (Å²) in [6, 6.07) is 8.02. The number of hydrogen-bond acceptors (Lipinski definition) is 3. The van der Waals surface area contributed by atoms with Crippen molar-refractivity contribution in [2.45, 2.75) is 25.7 Å². The first-order valence-corrected chi connectivity index (χ1v) is 7.38. The molecule has 1 aromatic heterocycles. The third-order valence-electron chi connectivity index (χ3n) is 4.19. The highest BCUT2D eigenvalue weighted by Crippen LogP contribution is 2.33. The average molecular weight is 308 g/mol. The second-order valence-electron chi connectivity index (χ2n) is 5.61. The Kier molecular flexibility index (Phi) is 4.71. The van der Waals surface area contributed by atoms with Crippen molar-refractivity contribution in [3.8, 4) is 0 Å². The van der Waals surface area contributed by atoms with Crippen LogP contribution in [-0.4, -0.2) is 28.0 Å². The van der Waals surface area contributed by atoms with Gasteiger partial charge in [-0.25, -0.2) is 0 Å². The number of hydrogen-bond donors (Lipinski definition) is 2. The third-order valence-corrected chi connectivity index (χ3v) is 4.67. The maximum absolute atomic E-state index is 10.1. The van der Waals surface area contributed by atoms with E-state index in [-0.39, 0.29) is 6.61 Å². The molecule has 1 atom stereocenters. The zero-order valence-electron chi connectivity index (χ0n) is 12.7. The van der Waals surface area contributed by atoms with E-state index in [9.17, 15) is 5.11 Å². The van der Waals surface area contributed by atoms with Gasteiger partial charge in [-0.05, 0) is 31.4 Å². The zero-order chi connectivity index (χ0) is 15.6. The Morgan fingerprint density at radius 3 is 2.48 bits per heavy atom. The number of halogens is 1. The van der Waals surface area contributed by atoms with E-state index < -0.39 is 5.41 Å². The van der Waals surface area contributed by atoms with Gasteiger partial charge in [0.1, 0.15) is 5.15 Å². The summed E-state index contributed by atoms with van der Waals surface area (Å²) >= 11 is 6.34. The van der Waals surface area contributed by atoms with Crippen LogP contribution in [0.1, 0.15) is 22.4 Å². The topological polar surface area (TPSA) is 64.1 Å². The smallest absolute Gasteiger partial charge is 0.130 e. The zero-order valence-corrected chi connectivity index (χ0v) is 13.5. The fourth-order valence-corrected chi connectivity index (χ4v) is 3.11. The van der Waals surface area contributed by atoms with Gasteiger partial charge in [-0.1, -0.05) is 35.9 Å². The van der Waals surface area contributed by atoms with E-state index in [2.05, 4.69) is 5.10 Å². The molecular weight excluding hydrogens is 286 g/mol. The van der Waals surface area contributed by atoms with E-state index in [0.717, 1.165) is 22.4 Å². The molecule has 1 heterocycles. The van der Waals surface area contributed by atoms with Gasteiger partial charge in [-0.15, -0.1) is 0 Å². The predicted octanol–water partition coefficient (Wildman–Crippen LogP) is 2.12. The molecule has 0 aliphatic rings. The Morgan fingerprint density at radius 1 is 1.33 bits per heavy atom. The number of aryl methyl sites for hydroxylation is 3. The van der Waals surface area contributed by atoms with Crippen LogP contribution in [0.5, 0.6) is 0 Å². The number of nitrogens with two attached hydrogens (primary N) is 1. The van der Waals surface area contributed by atoms with Gasteiger partial charge in [0.25, 0.3) is 0 Å². The van der Waals surface area contributed by atoms with Gasteiger partial charge in [0.15, 0.2) is 0 Å². The van der Waals surface area contributed by atoms with Crippen molar-refractivity contribution < 1.29 is 5.11 Å². The van der Waals surface area contributed by atoms with Gasteiger partial charge >= 0.3 is 0 Å².